The molecule has 5 nitrogen and oxygen atoms in total. The van der Waals surface area contributed by atoms with Gasteiger partial charge in [0.1, 0.15) is 0 Å². The summed E-state index contributed by atoms with van der Waals surface area (Å²) in [5.74, 6) is -0.161. The fourth-order valence-corrected chi connectivity index (χ4v) is 2.97. The highest BCUT2D eigenvalue weighted by Crippen LogP contribution is 2.25. The van der Waals surface area contributed by atoms with E-state index in [4.69, 9.17) is 5.26 Å². The van der Waals surface area contributed by atoms with Gasteiger partial charge in [0.15, 0.2) is 0 Å². The molecule has 0 aliphatic carbocycles. The Balaban J connectivity index is 1.68. The summed E-state index contributed by atoms with van der Waals surface area (Å²) in [6, 6.07) is 19.2. The molecule has 3 N–H and O–H groups in total. The molecule has 1 amide bonds. The van der Waals surface area contributed by atoms with Crippen LogP contribution in [0.4, 0.5) is 0 Å². The lowest BCUT2D eigenvalue weighted by Gasteiger charge is -2.21. The molecule has 1 aliphatic rings. The van der Waals surface area contributed by atoms with Crippen LogP contribution in [0.5, 0.6) is 0 Å². The first kappa shape index (κ1) is 16.2. The van der Waals surface area contributed by atoms with Crippen LogP contribution in [-0.2, 0) is 4.79 Å². The minimum atomic E-state index is -0.173. The van der Waals surface area contributed by atoms with E-state index < -0.39 is 0 Å². The summed E-state index contributed by atoms with van der Waals surface area (Å²) in [6.07, 6.45) is 0. The van der Waals surface area contributed by atoms with Crippen molar-refractivity contribution in [2.24, 2.45) is 5.92 Å². The van der Waals surface area contributed by atoms with Gasteiger partial charge in [0.2, 0.25) is 5.91 Å². The monoisotopic (exact) mass is 320 g/mol. The number of nitrogens with zero attached hydrogens (tertiary/aromatic N) is 1. The number of carbonyl (C=O) groups excluding carboxylic acids is 1. The Labute approximate surface area is 141 Å². The predicted octanol–water partition coefficient (Wildman–Crippen LogP) is 2.20. The van der Waals surface area contributed by atoms with E-state index >= 15 is 0 Å². The molecule has 24 heavy (non-hydrogen) atoms. The van der Waals surface area contributed by atoms with Crippen molar-refractivity contribution in [3.63, 3.8) is 0 Å². The van der Waals surface area contributed by atoms with Crippen LogP contribution in [-0.4, -0.2) is 12.5 Å². The zero-order valence-electron chi connectivity index (χ0n) is 13.5. The average molecular weight is 320 g/mol. The molecule has 3 atom stereocenters. The molecule has 0 aromatic heterocycles. The van der Waals surface area contributed by atoms with Gasteiger partial charge in [-0.3, -0.25) is 10.2 Å². The van der Waals surface area contributed by atoms with E-state index in [0.29, 0.717) is 12.1 Å². The molecular weight excluding hydrogens is 300 g/mol. The maximum Gasteiger partial charge on any atom is 0.226 e. The van der Waals surface area contributed by atoms with E-state index in [1.807, 2.05) is 49.4 Å². The third-order valence-corrected chi connectivity index (χ3v) is 4.38. The molecule has 0 spiro atoms. The molecule has 2 aromatic carbocycles. The second-order valence-electron chi connectivity index (χ2n) is 5.98. The normalized spacial score (nSPS) is 21.0. The third kappa shape index (κ3) is 3.46. The highest BCUT2D eigenvalue weighted by molar-refractivity contribution is 5.80. The van der Waals surface area contributed by atoms with E-state index in [1.54, 1.807) is 12.1 Å². The van der Waals surface area contributed by atoms with E-state index in [2.05, 4.69) is 22.2 Å². The molecule has 1 aliphatic heterocycles. The van der Waals surface area contributed by atoms with Crippen LogP contribution >= 0.6 is 0 Å². The molecule has 122 valence electrons. The first-order valence-electron chi connectivity index (χ1n) is 8.03. The lowest BCUT2D eigenvalue weighted by Crippen LogP contribution is -2.36. The Morgan fingerprint density at radius 3 is 2.58 bits per heavy atom. The first-order valence-corrected chi connectivity index (χ1v) is 8.03. The summed E-state index contributed by atoms with van der Waals surface area (Å²) >= 11 is 0. The molecule has 1 saturated heterocycles. The van der Waals surface area contributed by atoms with Crippen LogP contribution in [0.3, 0.4) is 0 Å². The van der Waals surface area contributed by atoms with Crippen molar-refractivity contribution in [2.45, 2.75) is 19.0 Å². The van der Waals surface area contributed by atoms with Crippen molar-refractivity contribution in [3.05, 3.63) is 71.3 Å². The molecule has 2 aromatic rings. The largest absolute Gasteiger partial charge is 0.349 e. The van der Waals surface area contributed by atoms with Gasteiger partial charge in [0.25, 0.3) is 0 Å². The van der Waals surface area contributed by atoms with Crippen LogP contribution in [0.25, 0.3) is 0 Å². The number of nitrogens with one attached hydrogen (secondary N) is 3. The fraction of sp³-hybridized carbons (Fsp3) is 0.263. The van der Waals surface area contributed by atoms with Crippen molar-refractivity contribution in [1.82, 2.24) is 16.2 Å². The maximum absolute atomic E-state index is 12.7. The zero-order valence-corrected chi connectivity index (χ0v) is 13.5. The van der Waals surface area contributed by atoms with Crippen LogP contribution in [0, 0.1) is 17.2 Å². The van der Waals surface area contributed by atoms with Gasteiger partial charge in [-0.15, -0.1) is 0 Å². The molecule has 0 radical (unpaired) electrons. The van der Waals surface area contributed by atoms with Crippen molar-refractivity contribution in [3.8, 4) is 6.07 Å². The van der Waals surface area contributed by atoms with Crippen molar-refractivity contribution in [1.29, 1.82) is 5.26 Å². The molecule has 3 unspecified atom stereocenters. The number of carbonyl (C=O) groups is 1. The summed E-state index contributed by atoms with van der Waals surface area (Å²) in [5, 5.41) is 11.9. The predicted molar refractivity (Wildman–Crippen MR) is 91.5 cm³/mol. The molecule has 1 fully saturated rings. The summed E-state index contributed by atoms with van der Waals surface area (Å²) in [6.45, 7) is 2.54. The van der Waals surface area contributed by atoms with Gasteiger partial charge in [-0.25, -0.2) is 5.43 Å². The standard InChI is InChI=1S/C19H20N4O/c1-13(15-9-7-14(11-20)8-10-15)22-19(24)17-12-21-23-18(17)16-5-3-2-4-6-16/h2-10,13,17-18,21,23H,12H2,1H3,(H,22,24). The van der Waals surface area contributed by atoms with Gasteiger partial charge in [0.05, 0.1) is 29.6 Å². The summed E-state index contributed by atoms with van der Waals surface area (Å²) in [4.78, 5) is 12.7. The fourth-order valence-electron chi connectivity index (χ4n) is 2.97. The van der Waals surface area contributed by atoms with Gasteiger partial charge in [-0.2, -0.15) is 5.26 Å². The van der Waals surface area contributed by atoms with E-state index in [0.717, 1.165) is 11.1 Å². The van der Waals surface area contributed by atoms with Crippen LogP contribution < -0.4 is 16.2 Å². The summed E-state index contributed by atoms with van der Waals surface area (Å²) < 4.78 is 0. The van der Waals surface area contributed by atoms with Crippen LogP contribution in [0.2, 0.25) is 0 Å². The third-order valence-electron chi connectivity index (χ3n) is 4.38. The molecule has 1 heterocycles. The minimum Gasteiger partial charge on any atom is -0.349 e. The maximum atomic E-state index is 12.7. The molecular formula is C19H20N4O. The van der Waals surface area contributed by atoms with Gasteiger partial charge < -0.3 is 5.32 Å². The average Bonchev–Trinajstić information content (AvgIpc) is 3.12. The summed E-state index contributed by atoms with van der Waals surface area (Å²) in [7, 11) is 0. The molecule has 5 heteroatoms. The lowest BCUT2D eigenvalue weighted by molar-refractivity contribution is -0.125. The van der Waals surface area contributed by atoms with Crippen molar-refractivity contribution in [2.75, 3.05) is 6.54 Å². The highest BCUT2D eigenvalue weighted by atomic mass is 16.2. The number of nitriles is 1. The Hall–Kier alpha value is -2.68. The van der Waals surface area contributed by atoms with E-state index in [9.17, 15) is 4.79 Å². The highest BCUT2D eigenvalue weighted by Gasteiger charge is 2.34. The second kappa shape index (κ2) is 7.26. The van der Waals surface area contributed by atoms with E-state index in [1.165, 1.54) is 0 Å². The number of hydrazine groups is 1. The SMILES string of the molecule is CC(NC(=O)C1CNNC1c1ccccc1)c1ccc(C#N)cc1. The Bertz CT molecular complexity index is 736. The number of hydrogen-bond donors (Lipinski definition) is 3. The Kier molecular flexibility index (Phi) is 4.90. The van der Waals surface area contributed by atoms with Crippen LogP contribution in [0.1, 0.15) is 35.7 Å². The Morgan fingerprint density at radius 2 is 1.92 bits per heavy atom. The van der Waals surface area contributed by atoms with Gasteiger partial charge >= 0.3 is 0 Å². The van der Waals surface area contributed by atoms with Gasteiger partial charge in [-0.05, 0) is 30.2 Å². The molecule has 0 bridgehead atoms. The summed E-state index contributed by atoms with van der Waals surface area (Å²) in [5.41, 5.74) is 8.96. The second-order valence-corrected chi connectivity index (χ2v) is 5.98. The molecule has 3 rings (SSSR count). The van der Waals surface area contributed by atoms with Gasteiger partial charge in [0, 0.05) is 6.54 Å². The minimum absolute atomic E-state index is 0.0122. The van der Waals surface area contributed by atoms with Gasteiger partial charge in [-0.1, -0.05) is 42.5 Å². The number of hydrogen-bond acceptors (Lipinski definition) is 4. The Morgan fingerprint density at radius 1 is 1.21 bits per heavy atom. The first-order chi connectivity index (χ1) is 11.7. The van der Waals surface area contributed by atoms with Crippen molar-refractivity contribution >= 4 is 5.91 Å². The number of benzene rings is 2. The van der Waals surface area contributed by atoms with E-state index in [-0.39, 0.29) is 23.9 Å². The topological polar surface area (TPSA) is 77.0 Å². The number of amides is 1. The van der Waals surface area contributed by atoms with Crippen molar-refractivity contribution < 1.29 is 4.79 Å². The van der Waals surface area contributed by atoms with Crippen LogP contribution in [0.15, 0.2) is 54.6 Å². The number of rotatable bonds is 4. The quantitative estimate of drug-likeness (QED) is 0.807. The molecule has 0 saturated carbocycles. The smallest absolute Gasteiger partial charge is 0.226 e. The lowest BCUT2D eigenvalue weighted by atomic mass is 9.93. The zero-order chi connectivity index (χ0) is 16.9.